The largest absolute Gasteiger partial charge is 0.352 e. The SMILES string of the molecule is CCC(NC(=O)C(C)NC(N)=O)c1ncc[nH]1. The van der Waals surface area contributed by atoms with E-state index in [9.17, 15) is 9.59 Å². The number of rotatable bonds is 5. The van der Waals surface area contributed by atoms with Gasteiger partial charge >= 0.3 is 6.03 Å². The minimum Gasteiger partial charge on any atom is -0.352 e. The molecule has 0 aliphatic rings. The number of nitrogens with one attached hydrogen (secondary N) is 3. The summed E-state index contributed by atoms with van der Waals surface area (Å²) in [6.07, 6.45) is 4.01. The van der Waals surface area contributed by atoms with Gasteiger partial charge in [0.2, 0.25) is 5.91 Å². The van der Waals surface area contributed by atoms with Crippen molar-refractivity contribution in [3.05, 3.63) is 18.2 Å². The second-order valence-corrected chi connectivity index (χ2v) is 3.67. The molecule has 0 radical (unpaired) electrons. The number of primary amides is 1. The van der Waals surface area contributed by atoms with Crippen LogP contribution in [0.25, 0.3) is 0 Å². The fourth-order valence-corrected chi connectivity index (χ4v) is 1.41. The molecule has 0 aliphatic heterocycles. The van der Waals surface area contributed by atoms with Gasteiger partial charge in [-0.05, 0) is 13.3 Å². The van der Waals surface area contributed by atoms with Gasteiger partial charge in [0.25, 0.3) is 0 Å². The number of aromatic amines is 1. The summed E-state index contributed by atoms with van der Waals surface area (Å²) < 4.78 is 0. The average molecular weight is 239 g/mol. The van der Waals surface area contributed by atoms with Crippen LogP contribution >= 0.6 is 0 Å². The molecule has 1 heterocycles. The van der Waals surface area contributed by atoms with Crippen LogP contribution in [0.4, 0.5) is 4.79 Å². The van der Waals surface area contributed by atoms with Crippen LogP contribution in [-0.2, 0) is 4.79 Å². The fourth-order valence-electron chi connectivity index (χ4n) is 1.41. The van der Waals surface area contributed by atoms with Gasteiger partial charge in [0.15, 0.2) is 0 Å². The number of carbonyl (C=O) groups is 2. The standard InChI is InChI=1S/C10H17N5O2/c1-3-7(8-12-4-5-13-8)15-9(16)6(2)14-10(11)17/h4-7H,3H2,1-2H3,(H,12,13)(H,15,16)(H3,11,14,17). The quantitative estimate of drug-likeness (QED) is 0.581. The predicted octanol–water partition coefficient (Wildman–Crippen LogP) is 0.0338. The Balaban J connectivity index is 2.57. The molecule has 0 aromatic carbocycles. The van der Waals surface area contributed by atoms with E-state index < -0.39 is 12.1 Å². The molecule has 0 saturated heterocycles. The van der Waals surface area contributed by atoms with Gasteiger partial charge in [-0.1, -0.05) is 6.92 Å². The highest BCUT2D eigenvalue weighted by molar-refractivity contribution is 5.86. The van der Waals surface area contributed by atoms with Crippen molar-refractivity contribution in [1.82, 2.24) is 20.6 Å². The van der Waals surface area contributed by atoms with Crippen molar-refractivity contribution in [1.29, 1.82) is 0 Å². The third-order valence-corrected chi connectivity index (χ3v) is 2.33. The van der Waals surface area contributed by atoms with E-state index >= 15 is 0 Å². The highest BCUT2D eigenvalue weighted by atomic mass is 16.2. The number of H-pyrrole nitrogens is 1. The molecular formula is C10H17N5O2. The summed E-state index contributed by atoms with van der Waals surface area (Å²) >= 11 is 0. The van der Waals surface area contributed by atoms with Gasteiger partial charge in [-0.2, -0.15) is 0 Å². The molecule has 1 aromatic heterocycles. The molecule has 17 heavy (non-hydrogen) atoms. The van der Waals surface area contributed by atoms with Crippen molar-refractivity contribution in [3.63, 3.8) is 0 Å². The topological polar surface area (TPSA) is 113 Å². The number of amides is 3. The van der Waals surface area contributed by atoms with Crippen LogP contribution in [0.5, 0.6) is 0 Å². The van der Waals surface area contributed by atoms with Gasteiger partial charge in [-0.3, -0.25) is 4.79 Å². The van der Waals surface area contributed by atoms with E-state index in [0.717, 1.165) is 0 Å². The molecule has 1 aromatic rings. The Hall–Kier alpha value is -2.05. The lowest BCUT2D eigenvalue weighted by molar-refractivity contribution is -0.123. The lowest BCUT2D eigenvalue weighted by Crippen LogP contribution is -2.47. The van der Waals surface area contributed by atoms with E-state index in [1.807, 2.05) is 6.92 Å². The van der Waals surface area contributed by atoms with Crippen LogP contribution in [0.1, 0.15) is 32.1 Å². The Morgan fingerprint density at radius 2 is 2.24 bits per heavy atom. The van der Waals surface area contributed by atoms with Gasteiger partial charge in [-0.15, -0.1) is 0 Å². The number of hydrogen-bond donors (Lipinski definition) is 4. The number of urea groups is 1. The molecule has 7 heteroatoms. The zero-order valence-electron chi connectivity index (χ0n) is 9.86. The van der Waals surface area contributed by atoms with Crippen LogP contribution in [0.2, 0.25) is 0 Å². The summed E-state index contributed by atoms with van der Waals surface area (Å²) in [6, 6.07) is -1.59. The molecule has 7 nitrogen and oxygen atoms in total. The zero-order valence-corrected chi connectivity index (χ0v) is 9.86. The third kappa shape index (κ3) is 3.78. The van der Waals surface area contributed by atoms with Gasteiger partial charge in [0, 0.05) is 12.4 Å². The summed E-state index contributed by atoms with van der Waals surface area (Å²) in [5.74, 6) is 0.388. The van der Waals surface area contributed by atoms with Crippen molar-refractivity contribution >= 4 is 11.9 Å². The second-order valence-electron chi connectivity index (χ2n) is 3.67. The molecule has 0 aliphatic carbocycles. The Bertz CT molecular complexity index is 376. The maximum absolute atomic E-state index is 11.7. The monoisotopic (exact) mass is 239 g/mol. The summed E-state index contributed by atoms with van der Waals surface area (Å²) in [7, 11) is 0. The summed E-state index contributed by atoms with van der Waals surface area (Å²) in [5.41, 5.74) is 4.94. The fraction of sp³-hybridized carbons (Fsp3) is 0.500. The Morgan fingerprint density at radius 1 is 1.53 bits per heavy atom. The lowest BCUT2D eigenvalue weighted by Gasteiger charge is -2.18. The number of nitrogens with two attached hydrogens (primary N) is 1. The summed E-state index contributed by atoms with van der Waals surface area (Å²) in [6.45, 7) is 3.49. The minimum absolute atomic E-state index is 0.199. The van der Waals surface area contributed by atoms with Crippen molar-refractivity contribution in [2.45, 2.75) is 32.4 Å². The highest BCUT2D eigenvalue weighted by Crippen LogP contribution is 2.11. The van der Waals surface area contributed by atoms with E-state index in [1.54, 1.807) is 19.3 Å². The van der Waals surface area contributed by atoms with E-state index in [2.05, 4.69) is 20.6 Å². The van der Waals surface area contributed by atoms with Crippen molar-refractivity contribution in [3.8, 4) is 0 Å². The summed E-state index contributed by atoms with van der Waals surface area (Å²) in [5, 5.41) is 5.08. The Morgan fingerprint density at radius 3 is 2.71 bits per heavy atom. The maximum Gasteiger partial charge on any atom is 0.312 e. The molecule has 0 spiro atoms. The number of aromatic nitrogens is 2. The van der Waals surface area contributed by atoms with Crippen LogP contribution in [0, 0.1) is 0 Å². The van der Waals surface area contributed by atoms with Crippen LogP contribution < -0.4 is 16.4 Å². The van der Waals surface area contributed by atoms with Gasteiger partial charge in [0.05, 0.1) is 6.04 Å². The van der Waals surface area contributed by atoms with Crippen molar-refractivity contribution in [2.24, 2.45) is 5.73 Å². The Labute approximate surface area is 99.2 Å². The van der Waals surface area contributed by atoms with E-state index in [4.69, 9.17) is 5.73 Å². The molecule has 5 N–H and O–H groups in total. The maximum atomic E-state index is 11.7. The van der Waals surface area contributed by atoms with Gasteiger partial charge < -0.3 is 21.4 Å². The lowest BCUT2D eigenvalue weighted by atomic mass is 10.2. The first-order valence-corrected chi connectivity index (χ1v) is 5.40. The summed E-state index contributed by atoms with van der Waals surface area (Å²) in [4.78, 5) is 29.3. The third-order valence-electron chi connectivity index (χ3n) is 2.33. The molecule has 1 rings (SSSR count). The van der Waals surface area contributed by atoms with Crippen LogP contribution in [-0.4, -0.2) is 27.9 Å². The molecule has 3 amide bonds. The Kier molecular flexibility index (Phi) is 4.50. The van der Waals surface area contributed by atoms with Crippen molar-refractivity contribution < 1.29 is 9.59 Å². The predicted molar refractivity (Wildman–Crippen MR) is 61.9 cm³/mol. The van der Waals surface area contributed by atoms with E-state index in [-0.39, 0.29) is 11.9 Å². The number of hydrogen-bond acceptors (Lipinski definition) is 3. The molecular weight excluding hydrogens is 222 g/mol. The molecule has 94 valence electrons. The molecule has 2 unspecified atom stereocenters. The average Bonchev–Trinajstić information content (AvgIpc) is 2.77. The van der Waals surface area contributed by atoms with Crippen LogP contribution in [0.3, 0.4) is 0 Å². The van der Waals surface area contributed by atoms with Crippen molar-refractivity contribution in [2.75, 3.05) is 0 Å². The smallest absolute Gasteiger partial charge is 0.312 e. The minimum atomic E-state index is -0.723. The molecule has 2 atom stereocenters. The number of imidazole rings is 1. The number of carbonyl (C=O) groups excluding carboxylic acids is 2. The van der Waals surface area contributed by atoms with E-state index in [1.165, 1.54) is 0 Å². The molecule has 0 fully saturated rings. The van der Waals surface area contributed by atoms with Gasteiger partial charge in [0.1, 0.15) is 11.9 Å². The molecule has 0 bridgehead atoms. The second kappa shape index (κ2) is 5.88. The first-order valence-electron chi connectivity index (χ1n) is 5.40. The van der Waals surface area contributed by atoms with E-state index in [0.29, 0.717) is 12.2 Å². The van der Waals surface area contributed by atoms with Gasteiger partial charge in [-0.25, -0.2) is 9.78 Å². The molecule has 0 saturated carbocycles. The normalized spacial score (nSPS) is 13.8. The highest BCUT2D eigenvalue weighted by Gasteiger charge is 2.19. The first-order chi connectivity index (χ1) is 8.04. The zero-order chi connectivity index (χ0) is 12.8. The first kappa shape index (κ1) is 13.0. The number of nitrogens with zero attached hydrogens (tertiary/aromatic N) is 1. The van der Waals surface area contributed by atoms with Crippen LogP contribution in [0.15, 0.2) is 12.4 Å².